The predicted molar refractivity (Wildman–Crippen MR) is 74.1 cm³/mol. The minimum atomic E-state index is -0.914. The lowest BCUT2D eigenvalue weighted by Crippen LogP contribution is -2.13. The molecule has 5 nitrogen and oxygen atoms in total. The van der Waals surface area contributed by atoms with Gasteiger partial charge in [-0.25, -0.2) is 4.79 Å². The molecule has 110 valence electrons. The number of carbonyl (C=O) groups is 2. The van der Waals surface area contributed by atoms with Crippen molar-refractivity contribution in [2.75, 3.05) is 6.61 Å². The summed E-state index contributed by atoms with van der Waals surface area (Å²) in [5.41, 5.74) is 1.92. The number of rotatable bonds is 6. The van der Waals surface area contributed by atoms with Gasteiger partial charge in [0.1, 0.15) is 5.75 Å². The monoisotopic (exact) mass is 280 g/mol. The molecule has 0 radical (unpaired) electrons. The molecule has 0 bridgehead atoms. The minimum absolute atomic E-state index is 0.0328. The van der Waals surface area contributed by atoms with Crippen LogP contribution in [0.15, 0.2) is 18.2 Å². The summed E-state index contributed by atoms with van der Waals surface area (Å²) in [5, 5.41) is 8.47. The van der Waals surface area contributed by atoms with Gasteiger partial charge in [-0.3, -0.25) is 4.79 Å². The number of benzene rings is 1. The zero-order valence-corrected chi connectivity index (χ0v) is 12.0. The molecular formula is C15H20O5. The van der Waals surface area contributed by atoms with Crippen molar-refractivity contribution in [1.29, 1.82) is 0 Å². The van der Waals surface area contributed by atoms with Crippen LogP contribution < -0.4 is 4.74 Å². The summed E-state index contributed by atoms with van der Waals surface area (Å²) in [7, 11) is 0. The van der Waals surface area contributed by atoms with E-state index >= 15 is 0 Å². The highest BCUT2D eigenvalue weighted by Crippen LogP contribution is 2.27. The van der Waals surface area contributed by atoms with E-state index < -0.39 is 12.1 Å². The molecular weight excluding hydrogens is 260 g/mol. The van der Waals surface area contributed by atoms with Gasteiger partial charge in [0.25, 0.3) is 0 Å². The summed E-state index contributed by atoms with van der Waals surface area (Å²) in [6.07, 6.45) is -0.563. The first-order valence-corrected chi connectivity index (χ1v) is 6.57. The largest absolute Gasteiger partial charge is 0.513 e. The van der Waals surface area contributed by atoms with Crippen molar-refractivity contribution in [1.82, 2.24) is 0 Å². The van der Waals surface area contributed by atoms with Gasteiger partial charge >= 0.3 is 12.1 Å². The second-order valence-corrected chi connectivity index (χ2v) is 4.89. The highest BCUT2D eigenvalue weighted by molar-refractivity contribution is 5.67. The molecule has 0 atom stereocenters. The van der Waals surface area contributed by atoms with Crippen molar-refractivity contribution in [3.05, 3.63) is 29.3 Å². The number of aliphatic carboxylic acids is 1. The Hall–Kier alpha value is -2.04. The summed E-state index contributed by atoms with van der Waals surface area (Å²) in [6.45, 7) is 5.97. The summed E-state index contributed by atoms with van der Waals surface area (Å²) in [5.74, 6) is -0.198. The second-order valence-electron chi connectivity index (χ2n) is 4.89. The molecule has 0 aliphatic heterocycles. The molecule has 5 heteroatoms. The van der Waals surface area contributed by atoms with E-state index in [2.05, 4.69) is 0 Å². The topological polar surface area (TPSA) is 72.8 Å². The highest BCUT2D eigenvalue weighted by atomic mass is 16.7. The van der Waals surface area contributed by atoms with Crippen LogP contribution in [0.4, 0.5) is 4.79 Å². The Labute approximate surface area is 118 Å². The number of aryl methyl sites for hydroxylation is 1. The molecule has 1 rings (SSSR count). The Kier molecular flexibility index (Phi) is 6.03. The van der Waals surface area contributed by atoms with Gasteiger partial charge < -0.3 is 14.6 Å². The smallest absolute Gasteiger partial charge is 0.481 e. The Morgan fingerprint density at radius 2 is 2.00 bits per heavy atom. The molecule has 0 aliphatic carbocycles. The number of hydrogen-bond acceptors (Lipinski definition) is 4. The summed E-state index contributed by atoms with van der Waals surface area (Å²) < 4.78 is 10.0. The van der Waals surface area contributed by atoms with Gasteiger partial charge in [-0.1, -0.05) is 26.0 Å². The van der Waals surface area contributed by atoms with Gasteiger partial charge in [-0.15, -0.1) is 0 Å². The van der Waals surface area contributed by atoms with Crippen LogP contribution in [-0.2, 0) is 9.53 Å². The fourth-order valence-electron chi connectivity index (χ4n) is 1.71. The van der Waals surface area contributed by atoms with Crippen LogP contribution >= 0.6 is 0 Å². The number of ether oxygens (including phenoxy) is 2. The summed E-state index contributed by atoms with van der Waals surface area (Å²) >= 11 is 0. The molecule has 0 heterocycles. The van der Waals surface area contributed by atoms with Crippen LogP contribution in [0.3, 0.4) is 0 Å². The lowest BCUT2D eigenvalue weighted by Gasteiger charge is -2.13. The van der Waals surface area contributed by atoms with Gasteiger partial charge in [-0.2, -0.15) is 0 Å². The number of carboxylic acid groups (broad SMARTS) is 1. The molecule has 0 saturated heterocycles. The molecule has 20 heavy (non-hydrogen) atoms. The second kappa shape index (κ2) is 7.53. The third-order valence-electron chi connectivity index (χ3n) is 2.74. The number of carboxylic acids is 1. The standard InChI is InChI=1S/C15H20O5/c1-10(2)12-7-6-11(3)9-13(12)20-15(18)19-8-4-5-14(16)17/h6-7,9-10H,4-5,8H2,1-3H3,(H,16,17). The molecule has 0 fully saturated rings. The van der Waals surface area contributed by atoms with Gasteiger partial charge in [0.15, 0.2) is 0 Å². The maximum atomic E-state index is 11.6. The van der Waals surface area contributed by atoms with Crippen molar-refractivity contribution < 1.29 is 24.2 Å². The van der Waals surface area contributed by atoms with Crippen molar-refractivity contribution >= 4 is 12.1 Å². The van der Waals surface area contributed by atoms with E-state index in [1.165, 1.54) is 0 Å². The Balaban J connectivity index is 2.57. The van der Waals surface area contributed by atoms with Crippen molar-refractivity contribution in [3.8, 4) is 5.75 Å². The Morgan fingerprint density at radius 1 is 1.30 bits per heavy atom. The van der Waals surface area contributed by atoms with Gasteiger partial charge in [0.2, 0.25) is 0 Å². The molecule has 1 aromatic carbocycles. The van der Waals surface area contributed by atoms with E-state index in [4.69, 9.17) is 14.6 Å². The first-order chi connectivity index (χ1) is 9.40. The van der Waals surface area contributed by atoms with E-state index in [-0.39, 0.29) is 25.4 Å². The first-order valence-electron chi connectivity index (χ1n) is 6.57. The zero-order chi connectivity index (χ0) is 15.1. The molecule has 0 aromatic heterocycles. The predicted octanol–water partition coefficient (Wildman–Crippen LogP) is 3.50. The fourth-order valence-corrected chi connectivity index (χ4v) is 1.71. The van der Waals surface area contributed by atoms with E-state index in [0.29, 0.717) is 5.75 Å². The maximum absolute atomic E-state index is 11.6. The van der Waals surface area contributed by atoms with Crippen molar-refractivity contribution in [2.24, 2.45) is 0 Å². The molecule has 0 amide bonds. The summed E-state index contributed by atoms with van der Waals surface area (Å²) in [4.78, 5) is 21.9. The van der Waals surface area contributed by atoms with Crippen LogP contribution in [0.2, 0.25) is 0 Å². The third-order valence-corrected chi connectivity index (χ3v) is 2.74. The van der Waals surface area contributed by atoms with Crippen LogP contribution in [0, 0.1) is 6.92 Å². The van der Waals surface area contributed by atoms with E-state index in [1.54, 1.807) is 6.07 Å². The van der Waals surface area contributed by atoms with E-state index in [1.807, 2.05) is 32.9 Å². The molecule has 0 spiro atoms. The minimum Gasteiger partial charge on any atom is -0.481 e. The maximum Gasteiger partial charge on any atom is 0.513 e. The molecule has 1 N–H and O–H groups in total. The van der Waals surface area contributed by atoms with E-state index in [0.717, 1.165) is 11.1 Å². The SMILES string of the molecule is Cc1ccc(C(C)C)c(OC(=O)OCCCC(=O)O)c1. The Bertz CT molecular complexity index is 479. The van der Waals surface area contributed by atoms with Crippen molar-refractivity contribution in [2.45, 2.75) is 39.5 Å². The van der Waals surface area contributed by atoms with Gasteiger partial charge in [0, 0.05) is 6.42 Å². The van der Waals surface area contributed by atoms with Crippen LogP contribution in [-0.4, -0.2) is 23.8 Å². The average Bonchev–Trinajstić information content (AvgIpc) is 2.34. The molecule has 0 saturated carbocycles. The number of hydrogen-bond donors (Lipinski definition) is 1. The molecule has 1 aromatic rings. The van der Waals surface area contributed by atoms with Crippen molar-refractivity contribution in [3.63, 3.8) is 0 Å². The molecule has 0 aliphatic rings. The number of carbonyl (C=O) groups excluding carboxylic acids is 1. The summed E-state index contributed by atoms with van der Waals surface area (Å²) in [6, 6.07) is 5.67. The zero-order valence-electron chi connectivity index (χ0n) is 12.0. The normalized spacial score (nSPS) is 10.4. The van der Waals surface area contributed by atoms with Gasteiger partial charge in [-0.05, 0) is 36.5 Å². The lowest BCUT2D eigenvalue weighted by atomic mass is 10.0. The van der Waals surface area contributed by atoms with E-state index in [9.17, 15) is 9.59 Å². The third kappa shape index (κ3) is 5.30. The first kappa shape index (κ1) is 16.0. The van der Waals surface area contributed by atoms with Crippen LogP contribution in [0.5, 0.6) is 5.75 Å². The quantitative estimate of drug-likeness (QED) is 0.490. The Morgan fingerprint density at radius 3 is 2.60 bits per heavy atom. The lowest BCUT2D eigenvalue weighted by molar-refractivity contribution is -0.137. The average molecular weight is 280 g/mol. The highest BCUT2D eigenvalue weighted by Gasteiger charge is 2.13. The van der Waals surface area contributed by atoms with Crippen LogP contribution in [0.1, 0.15) is 43.7 Å². The molecule has 0 unspecified atom stereocenters. The fraction of sp³-hybridized carbons (Fsp3) is 0.467. The van der Waals surface area contributed by atoms with Crippen LogP contribution in [0.25, 0.3) is 0 Å². The van der Waals surface area contributed by atoms with Gasteiger partial charge in [0.05, 0.1) is 6.61 Å².